The summed E-state index contributed by atoms with van der Waals surface area (Å²) in [5, 5.41) is 136. The number of aliphatic hydroxyl groups is 4. The summed E-state index contributed by atoms with van der Waals surface area (Å²) in [7, 11) is 0.843. The number of carbonyl (C=O) groups is 1. The molecule has 0 aliphatic heterocycles. The third kappa shape index (κ3) is 6.24. The van der Waals surface area contributed by atoms with Gasteiger partial charge in [0.1, 0.15) is 11.4 Å². The van der Waals surface area contributed by atoms with Gasteiger partial charge in [0.15, 0.2) is 50.8 Å². The highest BCUT2D eigenvalue weighted by Gasteiger charge is 2.46. The van der Waals surface area contributed by atoms with Crippen molar-refractivity contribution in [1.29, 1.82) is 0 Å². The van der Waals surface area contributed by atoms with Gasteiger partial charge >= 0.3 is 0 Å². The molecule has 1 unspecified atom stereocenters. The fourth-order valence-corrected chi connectivity index (χ4v) is 4.72. The first-order valence-electron chi connectivity index (χ1n) is 11.6. The number of aromatic hydroxyl groups is 9. The normalized spacial score (nSPS) is 12.8. The lowest BCUT2D eigenvalue weighted by Crippen LogP contribution is -2.62. The van der Waals surface area contributed by atoms with Gasteiger partial charge in [0.25, 0.3) is 5.91 Å². The molecule has 0 aliphatic rings. The number of amides is 1. The summed E-state index contributed by atoms with van der Waals surface area (Å²) < 4.78 is 4.90. The highest BCUT2D eigenvalue weighted by Crippen LogP contribution is 2.52. The van der Waals surface area contributed by atoms with Crippen molar-refractivity contribution >= 4 is 28.1 Å². The number of thiazole rings is 1. The number of hydrogen-bond acceptors (Lipinski definition) is 19. The van der Waals surface area contributed by atoms with E-state index in [1.54, 1.807) is 0 Å². The van der Waals surface area contributed by atoms with E-state index in [1.165, 1.54) is 5.32 Å². The van der Waals surface area contributed by atoms with E-state index in [-0.39, 0.29) is 15.9 Å². The predicted octanol–water partition coefficient (Wildman–Crippen LogP) is -1.64. The Morgan fingerprint density at radius 2 is 1.42 bits per heavy atom. The molecule has 1 heterocycles. The molecule has 0 bridgehead atoms. The van der Waals surface area contributed by atoms with Crippen LogP contribution >= 0.6 is 11.3 Å². The van der Waals surface area contributed by atoms with Crippen molar-refractivity contribution in [2.24, 2.45) is 0 Å². The Labute approximate surface area is 243 Å². The van der Waals surface area contributed by atoms with Gasteiger partial charge in [-0.1, -0.05) is 11.3 Å². The molecule has 19 nitrogen and oxygen atoms in total. The van der Waals surface area contributed by atoms with Crippen LogP contribution in [0.1, 0.15) is 28.5 Å². The van der Waals surface area contributed by atoms with Crippen LogP contribution in [0.4, 0.5) is 10.8 Å². The molecule has 1 atom stereocenters. The molecule has 17 N–H and O–H groups in total. The minimum absolute atomic E-state index is 0.0615. The van der Waals surface area contributed by atoms with Gasteiger partial charge < -0.3 is 82.2 Å². The summed E-state index contributed by atoms with van der Waals surface area (Å²) in [6.45, 7) is 1.06. The molecule has 0 spiro atoms. The maximum atomic E-state index is 12.4. The van der Waals surface area contributed by atoms with Crippen LogP contribution in [0.15, 0.2) is 0 Å². The smallest absolute Gasteiger partial charge is 0.258 e. The van der Waals surface area contributed by atoms with Crippen LogP contribution in [0.2, 0.25) is 0 Å². The monoisotopic (exact) mass is 632 g/mol. The van der Waals surface area contributed by atoms with Gasteiger partial charge in [0.2, 0.25) is 23.3 Å². The molecular formula is C23H28N4O15S. The molecule has 236 valence electrons. The second kappa shape index (κ2) is 11.5. The van der Waals surface area contributed by atoms with E-state index in [2.05, 4.69) is 4.98 Å². The number of nitrogens with two attached hydrogens (primary N) is 1. The van der Waals surface area contributed by atoms with E-state index in [4.69, 9.17) is 10.5 Å². The third-order valence-corrected chi connectivity index (χ3v) is 6.87. The van der Waals surface area contributed by atoms with Gasteiger partial charge in [0.05, 0.1) is 12.0 Å². The number of phenolic OH excluding ortho intramolecular Hbond substituents is 8. The Balaban J connectivity index is 1.91. The van der Waals surface area contributed by atoms with E-state index in [9.17, 15) is 71.2 Å². The minimum Gasteiger partial charge on any atom is -0.504 e. The zero-order valence-corrected chi connectivity index (χ0v) is 22.9. The molecule has 0 saturated heterocycles. The Hall–Kier alpha value is -4.70. The molecular weight excluding hydrogens is 604 g/mol. The van der Waals surface area contributed by atoms with Crippen molar-refractivity contribution in [3.8, 4) is 51.1 Å². The van der Waals surface area contributed by atoms with Crippen LogP contribution in [-0.2, 0) is 22.4 Å². The van der Waals surface area contributed by atoms with Crippen LogP contribution in [0, 0.1) is 6.92 Å². The van der Waals surface area contributed by atoms with Crippen molar-refractivity contribution in [1.82, 2.24) is 10.3 Å². The molecule has 1 amide bonds. The second-order valence-corrected chi connectivity index (χ2v) is 10.2. The SMILES string of the molecule is COC(c1c(C)c(O)c(O)c(O)c1O)C(O)(O)NC(O)(O)Cc1c(O)c(O)c(NC(=O)Cc2nc(N)sc2O)c(O)c1O. The summed E-state index contributed by atoms with van der Waals surface area (Å²) in [6.07, 6.45) is -4.30. The number of phenols is 8. The molecule has 43 heavy (non-hydrogen) atoms. The van der Waals surface area contributed by atoms with Crippen LogP contribution in [0.25, 0.3) is 0 Å². The number of carbonyl (C=O) groups excluding carboxylic acids is 1. The van der Waals surface area contributed by atoms with Crippen molar-refractivity contribution < 1.29 is 75.9 Å². The lowest BCUT2D eigenvalue weighted by Gasteiger charge is -2.37. The fourth-order valence-electron chi connectivity index (χ4n) is 4.14. The standard InChI is InChI=1S/C23H28N4O15S/c1-5-9(14(32)18(36)17(35)11(5)29)19(42-2)23(40,41)27-22(38,39)4-6-12(30)15(33)10(16(34)13(6)31)26-8(28)3-7-20(37)43-21(24)25-7/h19,27,29-41H,3-4H2,1-2H3,(H2,24,25)(H,26,28). The zero-order valence-electron chi connectivity index (χ0n) is 22.1. The highest BCUT2D eigenvalue weighted by atomic mass is 32.1. The highest BCUT2D eigenvalue weighted by molar-refractivity contribution is 7.17. The summed E-state index contributed by atoms with van der Waals surface area (Å²) in [5.41, 5.74) is 2.16. The zero-order chi connectivity index (χ0) is 32.8. The Bertz CT molecular complexity index is 1510. The van der Waals surface area contributed by atoms with E-state index in [1.807, 2.05) is 5.32 Å². The average molecular weight is 633 g/mol. The van der Waals surface area contributed by atoms with Gasteiger partial charge in [-0.15, -0.1) is 0 Å². The van der Waals surface area contributed by atoms with Crippen molar-refractivity contribution in [2.45, 2.75) is 37.7 Å². The molecule has 0 fully saturated rings. The number of anilines is 2. The number of methoxy groups -OCH3 is 1. The number of nitrogen functional groups attached to an aromatic ring is 1. The number of rotatable bonds is 10. The summed E-state index contributed by atoms with van der Waals surface area (Å²) in [5.74, 6) is -18.0. The molecule has 0 radical (unpaired) electrons. The minimum atomic E-state index is -3.62. The first kappa shape index (κ1) is 32.8. The summed E-state index contributed by atoms with van der Waals surface area (Å²) >= 11 is 0.667. The van der Waals surface area contributed by atoms with Gasteiger partial charge in [-0.25, -0.2) is 10.3 Å². The predicted molar refractivity (Wildman–Crippen MR) is 142 cm³/mol. The van der Waals surface area contributed by atoms with E-state index in [0.717, 1.165) is 14.0 Å². The van der Waals surface area contributed by atoms with Crippen LogP contribution in [-0.4, -0.2) is 96.2 Å². The Kier molecular flexibility index (Phi) is 8.79. The molecule has 0 aliphatic carbocycles. The third-order valence-electron chi connectivity index (χ3n) is 6.14. The topological polar surface area (TPSA) is 352 Å². The molecule has 3 rings (SSSR count). The van der Waals surface area contributed by atoms with E-state index in [0.29, 0.717) is 11.3 Å². The van der Waals surface area contributed by atoms with Gasteiger partial charge in [0, 0.05) is 24.7 Å². The number of nitrogens with one attached hydrogen (secondary N) is 2. The quantitative estimate of drug-likeness (QED) is 0.0676. The van der Waals surface area contributed by atoms with Gasteiger partial charge in [-0.2, -0.15) is 0 Å². The van der Waals surface area contributed by atoms with Gasteiger partial charge in [-0.05, 0) is 6.92 Å². The number of hydrogen-bond donors (Lipinski definition) is 16. The van der Waals surface area contributed by atoms with Crippen molar-refractivity contribution in [2.75, 3.05) is 18.2 Å². The largest absolute Gasteiger partial charge is 0.504 e. The summed E-state index contributed by atoms with van der Waals surface area (Å²) in [6, 6.07) is 0. The average Bonchev–Trinajstić information content (AvgIpc) is 3.23. The lowest BCUT2D eigenvalue weighted by molar-refractivity contribution is -0.320. The second-order valence-electron chi connectivity index (χ2n) is 9.17. The van der Waals surface area contributed by atoms with Crippen LogP contribution in [0.5, 0.6) is 51.1 Å². The first-order chi connectivity index (χ1) is 19.7. The fraction of sp³-hybridized carbons (Fsp3) is 0.304. The first-order valence-corrected chi connectivity index (χ1v) is 12.5. The number of benzene rings is 2. The van der Waals surface area contributed by atoms with Crippen LogP contribution < -0.4 is 16.4 Å². The maximum Gasteiger partial charge on any atom is 0.258 e. The molecule has 3 aromatic rings. The molecule has 0 saturated carbocycles. The Morgan fingerprint density at radius 3 is 1.91 bits per heavy atom. The number of aromatic nitrogens is 1. The lowest BCUT2D eigenvalue weighted by atomic mass is 9.96. The molecule has 20 heteroatoms. The molecule has 2 aromatic carbocycles. The van der Waals surface area contributed by atoms with Crippen molar-refractivity contribution in [3.63, 3.8) is 0 Å². The van der Waals surface area contributed by atoms with E-state index < -0.39 is 105 Å². The maximum absolute atomic E-state index is 12.4. The number of ether oxygens (including phenoxy) is 1. The summed E-state index contributed by atoms with van der Waals surface area (Å²) in [4.78, 5) is 16.1. The molecule has 1 aromatic heterocycles. The van der Waals surface area contributed by atoms with Gasteiger partial charge in [-0.3, -0.25) is 4.79 Å². The Morgan fingerprint density at radius 1 is 0.884 bits per heavy atom. The number of nitrogens with zero attached hydrogens (tertiary/aromatic N) is 1. The van der Waals surface area contributed by atoms with E-state index >= 15 is 0 Å². The van der Waals surface area contributed by atoms with Crippen molar-refractivity contribution in [3.05, 3.63) is 22.4 Å². The van der Waals surface area contributed by atoms with Crippen LogP contribution in [0.3, 0.4) is 0 Å².